The molecule has 3 amide bonds. The monoisotopic (exact) mass is 403 g/mol. The van der Waals surface area contributed by atoms with Gasteiger partial charge in [-0.2, -0.15) is 0 Å². The standard InChI is InChI=1S/C20H19ClFN3O3/c21-14-1-6-17-13(11-14)12-18(28-17)19(26)24-7-9-25(10-8-24)20(27)23-16-4-2-15(22)3-5-16/h1-6,11,18H,7-10,12H2,(H,23,27). The molecule has 1 saturated heterocycles. The Morgan fingerprint density at radius 1 is 1.04 bits per heavy atom. The minimum Gasteiger partial charge on any atom is -0.480 e. The maximum atomic E-state index is 13.0. The molecular weight excluding hydrogens is 385 g/mol. The fourth-order valence-electron chi connectivity index (χ4n) is 3.42. The summed E-state index contributed by atoms with van der Waals surface area (Å²) in [5.41, 5.74) is 1.46. The quantitative estimate of drug-likeness (QED) is 0.837. The van der Waals surface area contributed by atoms with Crippen LogP contribution in [0.2, 0.25) is 5.02 Å². The molecule has 0 radical (unpaired) electrons. The SMILES string of the molecule is O=C(Nc1ccc(F)cc1)N1CCN(C(=O)C2Cc3cc(Cl)ccc3O2)CC1. The Kier molecular flexibility index (Phi) is 5.09. The van der Waals surface area contributed by atoms with Crippen LogP contribution in [0.4, 0.5) is 14.9 Å². The lowest BCUT2D eigenvalue weighted by Gasteiger charge is -2.35. The number of ether oxygens (including phenoxy) is 1. The summed E-state index contributed by atoms with van der Waals surface area (Å²) in [7, 11) is 0. The van der Waals surface area contributed by atoms with Gasteiger partial charge in [-0.15, -0.1) is 0 Å². The number of anilines is 1. The Morgan fingerprint density at radius 3 is 2.43 bits per heavy atom. The van der Waals surface area contributed by atoms with Crippen LogP contribution >= 0.6 is 11.6 Å². The Bertz CT molecular complexity index is 898. The van der Waals surface area contributed by atoms with E-state index in [0.29, 0.717) is 49.1 Å². The molecule has 1 N–H and O–H groups in total. The van der Waals surface area contributed by atoms with E-state index in [1.165, 1.54) is 24.3 Å². The molecule has 1 fully saturated rings. The molecule has 2 aromatic rings. The number of carbonyl (C=O) groups is 2. The van der Waals surface area contributed by atoms with E-state index < -0.39 is 6.10 Å². The van der Waals surface area contributed by atoms with E-state index in [1.54, 1.807) is 21.9 Å². The number of piperazine rings is 1. The van der Waals surface area contributed by atoms with Crippen LogP contribution in [0.15, 0.2) is 42.5 Å². The van der Waals surface area contributed by atoms with Gasteiger partial charge in [0.05, 0.1) is 0 Å². The molecule has 0 spiro atoms. The highest BCUT2D eigenvalue weighted by molar-refractivity contribution is 6.30. The molecule has 0 aliphatic carbocycles. The zero-order valence-electron chi connectivity index (χ0n) is 15.0. The molecule has 8 heteroatoms. The molecule has 146 valence electrons. The highest BCUT2D eigenvalue weighted by atomic mass is 35.5. The first-order valence-electron chi connectivity index (χ1n) is 9.05. The third-order valence-corrected chi connectivity index (χ3v) is 5.18. The maximum absolute atomic E-state index is 13.0. The van der Waals surface area contributed by atoms with Gasteiger partial charge in [0.25, 0.3) is 5.91 Å². The summed E-state index contributed by atoms with van der Waals surface area (Å²) in [6, 6.07) is 10.7. The van der Waals surface area contributed by atoms with Crippen molar-refractivity contribution in [1.82, 2.24) is 9.80 Å². The fourth-order valence-corrected chi connectivity index (χ4v) is 3.62. The van der Waals surface area contributed by atoms with Crippen molar-refractivity contribution in [2.45, 2.75) is 12.5 Å². The van der Waals surface area contributed by atoms with E-state index in [2.05, 4.69) is 5.32 Å². The van der Waals surface area contributed by atoms with Gasteiger partial charge < -0.3 is 19.9 Å². The minimum atomic E-state index is -0.548. The highest BCUT2D eigenvalue weighted by Crippen LogP contribution is 2.31. The van der Waals surface area contributed by atoms with Crippen LogP contribution in [0.25, 0.3) is 0 Å². The fraction of sp³-hybridized carbons (Fsp3) is 0.300. The van der Waals surface area contributed by atoms with Crippen molar-refractivity contribution in [3.63, 3.8) is 0 Å². The van der Waals surface area contributed by atoms with E-state index in [9.17, 15) is 14.0 Å². The number of urea groups is 1. The van der Waals surface area contributed by atoms with Gasteiger partial charge >= 0.3 is 6.03 Å². The van der Waals surface area contributed by atoms with Crippen molar-refractivity contribution in [3.05, 3.63) is 58.9 Å². The largest absolute Gasteiger partial charge is 0.480 e. The second-order valence-electron chi connectivity index (χ2n) is 6.81. The van der Waals surface area contributed by atoms with Gasteiger partial charge in [0, 0.05) is 43.3 Å². The molecule has 28 heavy (non-hydrogen) atoms. The third kappa shape index (κ3) is 3.89. The molecule has 0 saturated carbocycles. The van der Waals surface area contributed by atoms with Crippen molar-refractivity contribution in [3.8, 4) is 5.75 Å². The van der Waals surface area contributed by atoms with Crippen LogP contribution in [0.1, 0.15) is 5.56 Å². The lowest BCUT2D eigenvalue weighted by atomic mass is 10.1. The highest BCUT2D eigenvalue weighted by Gasteiger charge is 2.34. The summed E-state index contributed by atoms with van der Waals surface area (Å²) in [5.74, 6) is 0.259. The van der Waals surface area contributed by atoms with Crippen molar-refractivity contribution in [1.29, 1.82) is 0 Å². The Hall–Kier alpha value is -2.80. The van der Waals surface area contributed by atoms with Gasteiger partial charge in [0.2, 0.25) is 0 Å². The number of nitrogens with one attached hydrogen (secondary N) is 1. The van der Waals surface area contributed by atoms with Gasteiger partial charge in [-0.3, -0.25) is 4.79 Å². The molecule has 0 aromatic heterocycles. The molecule has 4 rings (SSSR count). The Balaban J connectivity index is 1.30. The number of fused-ring (bicyclic) bond motifs is 1. The number of halogens is 2. The summed E-state index contributed by atoms with van der Waals surface area (Å²) >= 11 is 6.00. The maximum Gasteiger partial charge on any atom is 0.321 e. The van der Waals surface area contributed by atoms with E-state index in [1.807, 2.05) is 6.07 Å². The molecule has 2 heterocycles. The van der Waals surface area contributed by atoms with E-state index in [4.69, 9.17) is 16.3 Å². The normalized spacial score (nSPS) is 18.4. The van der Waals surface area contributed by atoms with Crippen molar-refractivity contribution in [2.24, 2.45) is 0 Å². The topological polar surface area (TPSA) is 61.9 Å². The van der Waals surface area contributed by atoms with E-state index in [0.717, 1.165) is 5.56 Å². The summed E-state index contributed by atoms with van der Waals surface area (Å²) in [6.45, 7) is 1.72. The molecule has 0 bridgehead atoms. The molecule has 1 unspecified atom stereocenters. The average Bonchev–Trinajstić information content (AvgIpc) is 3.12. The lowest BCUT2D eigenvalue weighted by Crippen LogP contribution is -2.54. The van der Waals surface area contributed by atoms with Crippen molar-refractivity contribution >= 4 is 29.2 Å². The molecule has 2 aliphatic heterocycles. The van der Waals surface area contributed by atoms with Crippen molar-refractivity contribution < 1.29 is 18.7 Å². The van der Waals surface area contributed by atoms with Crippen LogP contribution < -0.4 is 10.1 Å². The number of hydrogen-bond donors (Lipinski definition) is 1. The summed E-state index contributed by atoms with van der Waals surface area (Å²) in [6.07, 6.45) is -0.0481. The molecule has 1 atom stereocenters. The van der Waals surface area contributed by atoms with Gasteiger partial charge in [-0.1, -0.05) is 11.6 Å². The van der Waals surface area contributed by atoms with Gasteiger partial charge in [0.15, 0.2) is 6.10 Å². The van der Waals surface area contributed by atoms with Crippen LogP contribution in [0.5, 0.6) is 5.75 Å². The summed E-state index contributed by atoms with van der Waals surface area (Å²) < 4.78 is 18.7. The van der Waals surface area contributed by atoms with Crippen LogP contribution in [0, 0.1) is 5.82 Å². The third-order valence-electron chi connectivity index (χ3n) is 4.95. The van der Waals surface area contributed by atoms with Crippen LogP contribution in [-0.2, 0) is 11.2 Å². The average molecular weight is 404 g/mol. The Labute approximate surface area is 166 Å². The first-order chi connectivity index (χ1) is 13.5. The summed E-state index contributed by atoms with van der Waals surface area (Å²) in [5, 5.41) is 3.36. The first kappa shape index (κ1) is 18.6. The molecule has 2 aliphatic rings. The summed E-state index contributed by atoms with van der Waals surface area (Å²) in [4.78, 5) is 28.5. The molecule has 2 aromatic carbocycles. The number of nitrogens with zero attached hydrogens (tertiary/aromatic N) is 2. The first-order valence-corrected chi connectivity index (χ1v) is 9.43. The lowest BCUT2D eigenvalue weighted by molar-refractivity contribution is -0.139. The second-order valence-corrected chi connectivity index (χ2v) is 7.25. The van der Waals surface area contributed by atoms with E-state index >= 15 is 0 Å². The van der Waals surface area contributed by atoms with Gasteiger partial charge in [-0.25, -0.2) is 9.18 Å². The molecular formula is C20H19ClFN3O3. The molecule has 6 nitrogen and oxygen atoms in total. The minimum absolute atomic E-state index is 0.0779. The van der Waals surface area contributed by atoms with Crippen molar-refractivity contribution in [2.75, 3.05) is 31.5 Å². The van der Waals surface area contributed by atoms with E-state index in [-0.39, 0.29) is 17.8 Å². The zero-order chi connectivity index (χ0) is 19.7. The predicted octanol–water partition coefficient (Wildman–Crippen LogP) is 3.16. The van der Waals surface area contributed by atoms with Crippen LogP contribution in [-0.4, -0.2) is 54.0 Å². The number of benzene rings is 2. The number of rotatable bonds is 2. The van der Waals surface area contributed by atoms with Gasteiger partial charge in [0.1, 0.15) is 11.6 Å². The second kappa shape index (κ2) is 7.67. The number of amides is 3. The Morgan fingerprint density at radius 2 is 1.71 bits per heavy atom. The van der Waals surface area contributed by atoms with Crippen LogP contribution in [0.3, 0.4) is 0 Å². The number of carbonyl (C=O) groups excluding carboxylic acids is 2. The smallest absolute Gasteiger partial charge is 0.321 e. The predicted molar refractivity (Wildman–Crippen MR) is 103 cm³/mol. The number of hydrogen-bond acceptors (Lipinski definition) is 3. The van der Waals surface area contributed by atoms with Gasteiger partial charge in [-0.05, 0) is 48.0 Å². The zero-order valence-corrected chi connectivity index (χ0v) is 15.8.